The molecule has 0 atom stereocenters. The van der Waals surface area contributed by atoms with E-state index in [4.69, 9.17) is 21.6 Å². The van der Waals surface area contributed by atoms with Gasteiger partial charge in [0.15, 0.2) is 0 Å². The zero-order chi connectivity index (χ0) is 21.8. The van der Waals surface area contributed by atoms with Crippen LogP contribution in [0.25, 0.3) is 5.69 Å². The number of aromatic nitrogens is 2. The van der Waals surface area contributed by atoms with E-state index in [0.717, 1.165) is 29.8 Å². The van der Waals surface area contributed by atoms with Crippen molar-refractivity contribution >= 4 is 23.2 Å². The summed E-state index contributed by atoms with van der Waals surface area (Å²) in [4.78, 5) is 13.1. The van der Waals surface area contributed by atoms with Gasteiger partial charge < -0.3 is 10.1 Å². The lowest BCUT2D eigenvalue weighted by atomic mass is 10.1. The number of aryl methyl sites for hydroxylation is 1. The van der Waals surface area contributed by atoms with Crippen LogP contribution in [0.5, 0.6) is 5.75 Å². The van der Waals surface area contributed by atoms with Crippen molar-refractivity contribution in [3.05, 3.63) is 70.5 Å². The Kier molecular flexibility index (Phi) is 6.24. The quantitative estimate of drug-likeness (QED) is 0.465. The average molecular weight is 435 g/mol. The third kappa shape index (κ3) is 4.89. The molecule has 0 spiro atoms. The highest BCUT2D eigenvalue weighted by Crippen LogP contribution is 2.42. The number of rotatable bonds is 8. The van der Waals surface area contributed by atoms with E-state index in [1.807, 2.05) is 48.0 Å². The molecular formula is C24H23ClN4O2. The summed E-state index contributed by atoms with van der Waals surface area (Å²) in [5.41, 5.74) is 3.99. The molecule has 0 aliphatic heterocycles. The second-order valence-electron chi connectivity index (χ2n) is 7.66. The second-order valence-corrected chi connectivity index (χ2v) is 8.06. The molecule has 1 amide bonds. The zero-order valence-corrected chi connectivity index (χ0v) is 18.0. The maximum Gasteiger partial charge on any atom is 0.259 e. The fourth-order valence-electron chi connectivity index (χ4n) is 3.41. The number of nitriles is 1. The molecule has 1 fully saturated rings. The van der Waals surface area contributed by atoms with E-state index in [1.165, 1.54) is 0 Å². The summed E-state index contributed by atoms with van der Waals surface area (Å²) in [6.45, 7) is 2.42. The normalized spacial score (nSPS) is 12.9. The summed E-state index contributed by atoms with van der Waals surface area (Å²) < 4.78 is 7.49. The van der Waals surface area contributed by atoms with Crippen LogP contribution in [0.15, 0.2) is 48.7 Å². The van der Waals surface area contributed by atoms with Crippen molar-refractivity contribution in [3.63, 3.8) is 0 Å². The van der Waals surface area contributed by atoms with Crippen LogP contribution in [0, 0.1) is 18.3 Å². The standard InChI is InChI=1S/C24H23ClN4O2/c1-16-7-10-19(14-22(16)25)29-23(17-8-9-17)21(15-27-29)24(30)28-18-5-4-6-20(13-18)31-12-3-2-11-26/h4-7,10,13-15,17H,2-3,8-9,12H2,1H3,(H,28,30). The van der Waals surface area contributed by atoms with Gasteiger partial charge in [-0.15, -0.1) is 0 Å². The maximum absolute atomic E-state index is 13.1. The van der Waals surface area contributed by atoms with Gasteiger partial charge in [0.05, 0.1) is 35.8 Å². The molecule has 1 N–H and O–H groups in total. The summed E-state index contributed by atoms with van der Waals surface area (Å²) in [7, 11) is 0. The van der Waals surface area contributed by atoms with Crippen LogP contribution >= 0.6 is 11.6 Å². The fourth-order valence-corrected chi connectivity index (χ4v) is 3.58. The number of ether oxygens (including phenoxy) is 1. The van der Waals surface area contributed by atoms with Crippen LogP contribution in [-0.4, -0.2) is 22.3 Å². The number of halogens is 1. The minimum absolute atomic E-state index is 0.201. The van der Waals surface area contributed by atoms with Crippen LogP contribution < -0.4 is 10.1 Å². The van der Waals surface area contributed by atoms with Gasteiger partial charge in [0, 0.05) is 29.1 Å². The lowest BCUT2D eigenvalue weighted by molar-refractivity contribution is 0.102. The third-order valence-corrected chi connectivity index (χ3v) is 5.62. The first-order valence-electron chi connectivity index (χ1n) is 10.3. The molecule has 1 aromatic heterocycles. The number of hydrogen-bond acceptors (Lipinski definition) is 4. The largest absolute Gasteiger partial charge is 0.493 e. The van der Waals surface area contributed by atoms with Gasteiger partial charge in [-0.2, -0.15) is 10.4 Å². The number of nitrogens with zero attached hydrogens (tertiary/aromatic N) is 3. The minimum Gasteiger partial charge on any atom is -0.493 e. The Morgan fingerprint density at radius 1 is 1.32 bits per heavy atom. The molecule has 6 nitrogen and oxygen atoms in total. The molecule has 1 saturated carbocycles. The highest BCUT2D eigenvalue weighted by molar-refractivity contribution is 6.31. The smallest absolute Gasteiger partial charge is 0.259 e. The van der Waals surface area contributed by atoms with Gasteiger partial charge >= 0.3 is 0 Å². The summed E-state index contributed by atoms with van der Waals surface area (Å²) >= 11 is 6.31. The van der Waals surface area contributed by atoms with Gasteiger partial charge in [-0.25, -0.2) is 4.68 Å². The molecule has 0 unspecified atom stereocenters. The van der Waals surface area contributed by atoms with Gasteiger partial charge in [0.25, 0.3) is 5.91 Å². The molecule has 3 aromatic rings. The number of carbonyl (C=O) groups excluding carboxylic acids is 1. The molecular weight excluding hydrogens is 412 g/mol. The number of amides is 1. The monoisotopic (exact) mass is 434 g/mol. The van der Waals surface area contributed by atoms with Crippen molar-refractivity contribution in [1.29, 1.82) is 5.26 Å². The van der Waals surface area contributed by atoms with Gasteiger partial charge in [0.1, 0.15) is 5.75 Å². The molecule has 1 heterocycles. The Morgan fingerprint density at radius 3 is 2.90 bits per heavy atom. The van der Waals surface area contributed by atoms with Crippen LogP contribution in [0.1, 0.15) is 53.2 Å². The summed E-state index contributed by atoms with van der Waals surface area (Å²) in [5, 5.41) is 16.7. The van der Waals surface area contributed by atoms with Crippen molar-refractivity contribution in [2.45, 2.75) is 38.5 Å². The minimum atomic E-state index is -0.201. The predicted octanol–water partition coefficient (Wildman–Crippen LogP) is 5.65. The van der Waals surface area contributed by atoms with Crippen LogP contribution in [0.2, 0.25) is 5.02 Å². The molecule has 7 heteroatoms. The van der Waals surface area contributed by atoms with Gasteiger partial charge in [-0.05, 0) is 56.0 Å². The topological polar surface area (TPSA) is 79.9 Å². The number of anilines is 1. The first-order chi connectivity index (χ1) is 15.1. The number of unbranched alkanes of at least 4 members (excludes halogenated alkanes) is 1. The number of nitrogens with one attached hydrogen (secondary N) is 1. The van der Waals surface area contributed by atoms with E-state index < -0.39 is 0 Å². The molecule has 0 bridgehead atoms. The average Bonchev–Trinajstić information content (AvgIpc) is 3.51. The first kappa shape index (κ1) is 21.0. The molecule has 4 rings (SSSR count). The van der Waals surface area contributed by atoms with E-state index in [9.17, 15) is 4.79 Å². The Hall–Kier alpha value is -3.30. The molecule has 158 valence electrons. The van der Waals surface area contributed by atoms with E-state index in [2.05, 4.69) is 16.5 Å². The molecule has 2 aromatic carbocycles. The van der Waals surface area contributed by atoms with E-state index in [1.54, 1.807) is 12.3 Å². The Labute approximate surface area is 186 Å². The Bertz CT molecular complexity index is 1140. The third-order valence-electron chi connectivity index (χ3n) is 5.21. The van der Waals surface area contributed by atoms with E-state index in [-0.39, 0.29) is 5.91 Å². The van der Waals surface area contributed by atoms with Gasteiger partial charge in [0.2, 0.25) is 0 Å². The Morgan fingerprint density at radius 2 is 2.16 bits per heavy atom. The number of hydrogen-bond donors (Lipinski definition) is 1. The molecule has 31 heavy (non-hydrogen) atoms. The molecule has 1 aliphatic carbocycles. The highest BCUT2D eigenvalue weighted by atomic mass is 35.5. The zero-order valence-electron chi connectivity index (χ0n) is 17.3. The van der Waals surface area contributed by atoms with Crippen LogP contribution in [-0.2, 0) is 0 Å². The molecule has 0 radical (unpaired) electrons. The van der Waals surface area contributed by atoms with Crippen LogP contribution in [0.4, 0.5) is 5.69 Å². The van der Waals surface area contributed by atoms with Gasteiger partial charge in [-0.3, -0.25) is 4.79 Å². The molecule has 0 saturated heterocycles. The van der Waals surface area contributed by atoms with Crippen molar-refractivity contribution in [2.24, 2.45) is 0 Å². The summed E-state index contributed by atoms with van der Waals surface area (Å²) in [6.07, 6.45) is 4.82. The summed E-state index contributed by atoms with van der Waals surface area (Å²) in [6, 6.07) is 15.2. The number of benzene rings is 2. The SMILES string of the molecule is Cc1ccc(-n2ncc(C(=O)Nc3cccc(OCCCC#N)c3)c2C2CC2)cc1Cl. The van der Waals surface area contributed by atoms with Crippen molar-refractivity contribution in [3.8, 4) is 17.5 Å². The highest BCUT2D eigenvalue weighted by Gasteiger charge is 2.33. The lowest BCUT2D eigenvalue weighted by Crippen LogP contribution is -2.14. The van der Waals surface area contributed by atoms with Gasteiger partial charge in [-0.1, -0.05) is 23.7 Å². The fraction of sp³-hybridized carbons (Fsp3) is 0.292. The van der Waals surface area contributed by atoms with E-state index in [0.29, 0.717) is 47.4 Å². The van der Waals surface area contributed by atoms with Crippen molar-refractivity contribution in [1.82, 2.24) is 9.78 Å². The molecule has 1 aliphatic rings. The maximum atomic E-state index is 13.1. The van der Waals surface area contributed by atoms with Crippen molar-refractivity contribution < 1.29 is 9.53 Å². The second kappa shape index (κ2) is 9.23. The van der Waals surface area contributed by atoms with E-state index >= 15 is 0 Å². The van der Waals surface area contributed by atoms with Crippen LogP contribution in [0.3, 0.4) is 0 Å². The predicted molar refractivity (Wildman–Crippen MR) is 120 cm³/mol. The number of carbonyl (C=O) groups is 1. The summed E-state index contributed by atoms with van der Waals surface area (Å²) in [5.74, 6) is 0.772. The first-order valence-corrected chi connectivity index (χ1v) is 10.7. The Balaban J connectivity index is 1.54. The lowest BCUT2D eigenvalue weighted by Gasteiger charge is -2.11. The van der Waals surface area contributed by atoms with Crippen molar-refractivity contribution in [2.75, 3.05) is 11.9 Å².